The Kier molecular flexibility index (Phi) is 2.14. The molecule has 5 aliphatic rings. The van der Waals surface area contributed by atoms with Crippen LogP contribution in [0, 0.1) is 29.1 Å². The molecule has 0 unspecified atom stereocenters. The molecule has 1 saturated heterocycles. The first-order chi connectivity index (χ1) is 10.4. The average Bonchev–Trinajstić information content (AvgIpc) is 3.32. The van der Waals surface area contributed by atoms with Crippen molar-refractivity contribution in [3.05, 3.63) is 11.1 Å². The van der Waals surface area contributed by atoms with E-state index in [0.717, 1.165) is 17.6 Å². The number of hydrogen-bond acceptors (Lipinski definition) is 5. The van der Waals surface area contributed by atoms with Crippen molar-refractivity contribution in [2.24, 2.45) is 29.1 Å². The van der Waals surface area contributed by atoms with E-state index in [4.69, 9.17) is 14.2 Å². The van der Waals surface area contributed by atoms with Crippen LogP contribution in [0.1, 0.15) is 33.6 Å². The number of carbonyl (C=O) groups is 2. The summed E-state index contributed by atoms with van der Waals surface area (Å²) in [7, 11) is 0. The van der Waals surface area contributed by atoms with Crippen LogP contribution in [0.2, 0.25) is 0 Å². The average molecular weight is 304 g/mol. The Morgan fingerprint density at radius 2 is 2.18 bits per heavy atom. The summed E-state index contributed by atoms with van der Waals surface area (Å²) in [5, 5.41) is 0. The quantitative estimate of drug-likeness (QED) is 0.575. The molecule has 0 aromatic rings. The molecule has 0 bridgehead atoms. The number of epoxide rings is 1. The largest absolute Gasteiger partial charge is 0.466 e. The lowest BCUT2D eigenvalue weighted by Gasteiger charge is -2.40. The zero-order valence-electron chi connectivity index (χ0n) is 13.0. The van der Waals surface area contributed by atoms with Crippen molar-refractivity contribution >= 4 is 11.9 Å². The van der Waals surface area contributed by atoms with E-state index in [0.29, 0.717) is 30.3 Å². The Bertz CT molecular complexity index is 651. The molecule has 5 rings (SSSR count). The summed E-state index contributed by atoms with van der Waals surface area (Å²) in [4.78, 5) is 23.1. The second-order valence-corrected chi connectivity index (χ2v) is 7.81. The Morgan fingerprint density at radius 1 is 1.41 bits per heavy atom. The molecule has 5 nitrogen and oxygen atoms in total. The predicted molar refractivity (Wildman–Crippen MR) is 74.3 cm³/mol. The van der Waals surface area contributed by atoms with E-state index in [1.54, 1.807) is 0 Å². The van der Waals surface area contributed by atoms with Crippen LogP contribution in [0.3, 0.4) is 0 Å². The van der Waals surface area contributed by atoms with Crippen molar-refractivity contribution in [3.63, 3.8) is 0 Å². The topological polar surface area (TPSA) is 65.1 Å². The molecule has 0 amide bonds. The maximum absolute atomic E-state index is 12.0. The number of hydrogen-bond donors (Lipinski definition) is 0. The molecule has 3 aliphatic carbocycles. The molecule has 3 saturated carbocycles. The molecule has 1 spiro atoms. The molecular formula is C17H20O5. The molecule has 0 aromatic heterocycles. The normalized spacial score (nSPS) is 53.2. The van der Waals surface area contributed by atoms with E-state index >= 15 is 0 Å². The first-order valence-corrected chi connectivity index (χ1v) is 8.14. The second kappa shape index (κ2) is 3.58. The summed E-state index contributed by atoms with van der Waals surface area (Å²) in [5.74, 6) is 0.858. The molecule has 4 fully saturated rings. The van der Waals surface area contributed by atoms with Crippen molar-refractivity contribution in [2.75, 3.05) is 6.61 Å². The fraction of sp³-hybridized carbons (Fsp3) is 0.765. The lowest BCUT2D eigenvalue weighted by atomic mass is 9.62. The monoisotopic (exact) mass is 304 g/mol. The Hall–Kier alpha value is -1.36. The first kappa shape index (κ1) is 13.1. The van der Waals surface area contributed by atoms with Crippen LogP contribution in [-0.4, -0.2) is 30.4 Å². The number of carbonyl (C=O) groups excluding carboxylic acids is 2. The third-order valence-electron chi connectivity index (χ3n) is 6.98. The van der Waals surface area contributed by atoms with Gasteiger partial charge in [0.1, 0.15) is 6.10 Å². The summed E-state index contributed by atoms with van der Waals surface area (Å²) < 4.78 is 16.9. The SMILES string of the molecule is CC(=O)OC[C@@H]1[C@H]2C[C@H]2[C@]2(C)[C@@H]3O[C@@]34OC(=O)C(C)=C4C[C@@H]12. The minimum atomic E-state index is -0.740. The third-order valence-corrected chi connectivity index (χ3v) is 6.98. The van der Waals surface area contributed by atoms with Crippen LogP contribution in [0.5, 0.6) is 0 Å². The second-order valence-electron chi connectivity index (χ2n) is 7.81. The molecule has 7 atom stereocenters. The maximum Gasteiger partial charge on any atom is 0.336 e. The van der Waals surface area contributed by atoms with E-state index in [1.807, 2.05) is 6.92 Å². The van der Waals surface area contributed by atoms with E-state index in [9.17, 15) is 9.59 Å². The van der Waals surface area contributed by atoms with Crippen LogP contribution in [0.4, 0.5) is 0 Å². The molecule has 5 heteroatoms. The fourth-order valence-electron chi connectivity index (χ4n) is 5.81. The molecule has 118 valence electrons. The van der Waals surface area contributed by atoms with Crippen molar-refractivity contribution in [2.45, 2.75) is 45.5 Å². The van der Waals surface area contributed by atoms with Crippen molar-refractivity contribution in [1.29, 1.82) is 0 Å². The molecule has 22 heavy (non-hydrogen) atoms. The highest BCUT2D eigenvalue weighted by molar-refractivity contribution is 5.93. The van der Waals surface area contributed by atoms with Gasteiger partial charge in [-0.1, -0.05) is 6.92 Å². The predicted octanol–water partition coefficient (Wildman–Crippen LogP) is 1.81. The van der Waals surface area contributed by atoms with Gasteiger partial charge in [0.2, 0.25) is 0 Å². The van der Waals surface area contributed by atoms with Gasteiger partial charge in [0.25, 0.3) is 5.79 Å². The minimum absolute atomic E-state index is 0.00696. The van der Waals surface area contributed by atoms with Crippen molar-refractivity contribution in [1.82, 2.24) is 0 Å². The van der Waals surface area contributed by atoms with Gasteiger partial charge in [-0.2, -0.15) is 0 Å². The molecule has 2 heterocycles. The summed E-state index contributed by atoms with van der Waals surface area (Å²) in [6.45, 7) is 6.08. The van der Waals surface area contributed by atoms with Gasteiger partial charge in [-0.05, 0) is 43.4 Å². The molecule has 0 N–H and O–H groups in total. The van der Waals surface area contributed by atoms with E-state index in [-0.39, 0.29) is 23.5 Å². The number of fused-ring (bicyclic) bond motifs is 4. The standard InChI is InChI=1S/C17H20O5/c1-7-11-5-13-10(6-20-8(2)18)9-4-12(9)16(13,3)15-17(11,22-15)21-14(7)19/h9-10,12-13,15H,4-6H2,1-3H3/t9-,10-,12-,13+,15+,16+,17-/m1/s1. The lowest BCUT2D eigenvalue weighted by Crippen LogP contribution is -2.44. The van der Waals surface area contributed by atoms with Gasteiger partial charge < -0.3 is 14.2 Å². The first-order valence-electron chi connectivity index (χ1n) is 8.14. The van der Waals surface area contributed by atoms with Crippen LogP contribution in [-0.2, 0) is 23.8 Å². The van der Waals surface area contributed by atoms with Gasteiger partial charge >= 0.3 is 11.9 Å². The Morgan fingerprint density at radius 3 is 2.91 bits per heavy atom. The van der Waals surface area contributed by atoms with Gasteiger partial charge in [0.15, 0.2) is 0 Å². The van der Waals surface area contributed by atoms with Crippen LogP contribution >= 0.6 is 0 Å². The summed E-state index contributed by atoms with van der Waals surface area (Å²) in [6, 6.07) is 0. The zero-order chi connectivity index (χ0) is 15.4. The third kappa shape index (κ3) is 1.27. The zero-order valence-corrected chi connectivity index (χ0v) is 13.0. The smallest absolute Gasteiger partial charge is 0.336 e. The Balaban J connectivity index is 1.51. The minimum Gasteiger partial charge on any atom is -0.466 e. The molecular weight excluding hydrogens is 284 g/mol. The molecule has 0 radical (unpaired) electrons. The molecule has 0 aromatic carbocycles. The highest BCUT2D eigenvalue weighted by atomic mass is 16.8. The van der Waals surface area contributed by atoms with Gasteiger partial charge in [-0.15, -0.1) is 0 Å². The number of ether oxygens (including phenoxy) is 3. The maximum atomic E-state index is 12.0. The van der Waals surface area contributed by atoms with Gasteiger partial charge in [-0.25, -0.2) is 4.79 Å². The Labute approximate surface area is 129 Å². The van der Waals surface area contributed by atoms with Crippen LogP contribution in [0.25, 0.3) is 0 Å². The van der Waals surface area contributed by atoms with Crippen LogP contribution < -0.4 is 0 Å². The van der Waals surface area contributed by atoms with Crippen molar-refractivity contribution < 1.29 is 23.8 Å². The van der Waals surface area contributed by atoms with E-state index in [2.05, 4.69) is 6.92 Å². The highest BCUT2D eigenvalue weighted by Crippen LogP contribution is 2.78. The number of rotatable bonds is 2. The highest BCUT2D eigenvalue weighted by Gasteiger charge is 2.83. The number of esters is 2. The summed E-state index contributed by atoms with van der Waals surface area (Å²) >= 11 is 0. The van der Waals surface area contributed by atoms with Gasteiger partial charge in [-0.3, -0.25) is 4.79 Å². The van der Waals surface area contributed by atoms with Crippen LogP contribution in [0.15, 0.2) is 11.1 Å². The molecule has 2 aliphatic heterocycles. The summed E-state index contributed by atoms with van der Waals surface area (Å²) in [5.41, 5.74) is 1.81. The van der Waals surface area contributed by atoms with E-state index in [1.165, 1.54) is 13.3 Å². The van der Waals surface area contributed by atoms with Gasteiger partial charge in [0, 0.05) is 23.5 Å². The summed E-state index contributed by atoms with van der Waals surface area (Å²) in [6.07, 6.45) is 2.01. The van der Waals surface area contributed by atoms with E-state index < -0.39 is 5.79 Å². The van der Waals surface area contributed by atoms with Gasteiger partial charge in [0.05, 0.1) is 6.61 Å². The lowest BCUT2D eigenvalue weighted by molar-refractivity contribution is -0.147. The fourth-order valence-corrected chi connectivity index (χ4v) is 5.81. The van der Waals surface area contributed by atoms with Crippen molar-refractivity contribution in [3.8, 4) is 0 Å².